The minimum atomic E-state index is 0.0426. The van der Waals surface area contributed by atoms with Gasteiger partial charge in [0.25, 0.3) is 0 Å². The molecule has 0 radical (unpaired) electrons. The van der Waals surface area contributed by atoms with Gasteiger partial charge in [0.1, 0.15) is 17.4 Å². The van der Waals surface area contributed by atoms with Gasteiger partial charge in [-0.25, -0.2) is 0 Å². The molecule has 2 aromatic rings. The summed E-state index contributed by atoms with van der Waals surface area (Å²) in [5.41, 5.74) is 2.26. The lowest BCUT2D eigenvalue weighted by Crippen LogP contribution is -2.40. The third-order valence-electron chi connectivity index (χ3n) is 3.89. The van der Waals surface area contributed by atoms with Crippen molar-refractivity contribution >= 4 is 11.0 Å². The summed E-state index contributed by atoms with van der Waals surface area (Å²) < 4.78 is 12.2. The van der Waals surface area contributed by atoms with E-state index in [2.05, 4.69) is 31.3 Å². The van der Waals surface area contributed by atoms with Crippen molar-refractivity contribution in [3.05, 3.63) is 35.6 Å². The van der Waals surface area contributed by atoms with Gasteiger partial charge in [-0.3, -0.25) is 0 Å². The summed E-state index contributed by atoms with van der Waals surface area (Å²) in [5.74, 6) is 1.01. The highest BCUT2D eigenvalue weighted by atomic mass is 16.5. The lowest BCUT2D eigenvalue weighted by Gasteiger charge is -2.29. The van der Waals surface area contributed by atoms with E-state index in [4.69, 9.17) is 9.15 Å². The van der Waals surface area contributed by atoms with Gasteiger partial charge in [0.05, 0.1) is 6.10 Å². The van der Waals surface area contributed by atoms with Crippen LogP contribution in [0.15, 0.2) is 28.7 Å². The molecule has 3 heteroatoms. The molecule has 1 N–H and O–H groups in total. The highest BCUT2D eigenvalue weighted by molar-refractivity contribution is 5.82. The van der Waals surface area contributed by atoms with E-state index in [1.807, 2.05) is 12.1 Å². The van der Waals surface area contributed by atoms with Crippen LogP contribution in [0.5, 0.6) is 0 Å². The van der Waals surface area contributed by atoms with Crippen molar-refractivity contribution in [2.75, 3.05) is 13.1 Å². The van der Waals surface area contributed by atoms with E-state index in [1.54, 1.807) is 0 Å². The minimum absolute atomic E-state index is 0.0426. The Kier molecular flexibility index (Phi) is 3.58. The van der Waals surface area contributed by atoms with E-state index < -0.39 is 0 Å². The molecule has 1 saturated heterocycles. The highest BCUT2D eigenvalue weighted by Crippen LogP contribution is 2.33. The second-order valence-corrected chi connectivity index (χ2v) is 5.11. The van der Waals surface area contributed by atoms with Crippen molar-refractivity contribution in [3.8, 4) is 0 Å². The Morgan fingerprint density at radius 1 is 1.21 bits per heavy atom. The lowest BCUT2D eigenvalue weighted by molar-refractivity contribution is -0.0494. The second-order valence-electron chi connectivity index (χ2n) is 5.11. The molecule has 2 unspecified atom stereocenters. The number of hydrogen-bond donors (Lipinski definition) is 1. The summed E-state index contributed by atoms with van der Waals surface area (Å²) >= 11 is 0. The molecule has 1 aliphatic heterocycles. The molecule has 1 aliphatic rings. The van der Waals surface area contributed by atoms with Crippen LogP contribution in [0.3, 0.4) is 0 Å². The first-order valence-electron chi connectivity index (χ1n) is 7.20. The van der Waals surface area contributed by atoms with Crippen molar-refractivity contribution in [1.82, 2.24) is 5.32 Å². The minimum Gasteiger partial charge on any atom is -0.458 e. The largest absolute Gasteiger partial charge is 0.458 e. The number of benzene rings is 1. The van der Waals surface area contributed by atoms with E-state index in [-0.39, 0.29) is 12.2 Å². The van der Waals surface area contributed by atoms with Crippen LogP contribution in [0.25, 0.3) is 11.0 Å². The summed E-state index contributed by atoms with van der Waals surface area (Å²) in [5, 5.41) is 4.67. The van der Waals surface area contributed by atoms with Crippen LogP contribution in [0.4, 0.5) is 0 Å². The van der Waals surface area contributed by atoms with Crippen molar-refractivity contribution < 1.29 is 9.15 Å². The molecule has 2 atom stereocenters. The second kappa shape index (κ2) is 5.35. The van der Waals surface area contributed by atoms with Gasteiger partial charge in [0.15, 0.2) is 0 Å². The maximum absolute atomic E-state index is 6.14. The number of nitrogens with one attached hydrogen (secondary N) is 1. The zero-order valence-electron chi connectivity index (χ0n) is 11.6. The maximum atomic E-state index is 6.14. The van der Waals surface area contributed by atoms with Crippen molar-refractivity contribution in [1.29, 1.82) is 0 Å². The van der Waals surface area contributed by atoms with Gasteiger partial charge < -0.3 is 14.5 Å². The van der Waals surface area contributed by atoms with Gasteiger partial charge >= 0.3 is 0 Å². The van der Waals surface area contributed by atoms with Gasteiger partial charge in [-0.2, -0.15) is 0 Å². The summed E-state index contributed by atoms with van der Waals surface area (Å²) in [6.45, 7) is 6.11. The van der Waals surface area contributed by atoms with Crippen molar-refractivity contribution in [3.63, 3.8) is 0 Å². The third kappa shape index (κ3) is 2.28. The Labute approximate surface area is 113 Å². The monoisotopic (exact) mass is 259 g/mol. The van der Waals surface area contributed by atoms with E-state index >= 15 is 0 Å². The van der Waals surface area contributed by atoms with Gasteiger partial charge in [-0.05, 0) is 18.9 Å². The van der Waals surface area contributed by atoms with Gasteiger partial charge in [-0.1, -0.05) is 32.0 Å². The maximum Gasteiger partial charge on any atom is 0.138 e. The van der Waals surface area contributed by atoms with Crippen LogP contribution in [-0.4, -0.2) is 19.2 Å². The molecule has 0 amide bonds. The Balaban J connectivity index is 1.99. The molecular weight excluding hydrogens is 238 g/mol. The fourth-order valence-electron chi connectivity index (χ4n) is 2.84. The first-order chi connectivity index (χ1) is 9.33. The van der Waals surface area contributed by atoms with Crippen LogP contribution >= 0.6 is 0 Å². The average molecular weight is 259 g/mol. The topological polar surface area (TPSA) is 34.4 Å². The van der Waals surface area contributed by atoms with Crippen molar-refractivity contribution in [2.24, 2.45) is 0 Å². The standard InChI is InChI=1S/C16H21NO2/c1-3-11-9-17-10-15(18-11)16-12(4-2)13-7-5-6-8-14(13)19-16/h5-8,11,15,17H,3-4,9-10H2,1-2H3. The van der Waals surface area contributed by atoms with E-state index in [0.29, 0.717) is 0 Å². The molecule has 0 aliphatic carbocycles. The molecule has 1 aromatic carbocycles. The molecule has 3 rings (SSSR count). The fourth-order valence-corrected chi connectivity index (χ4v) is 2.84. The molecule has 0 bridgehead atoms. The molecule has 0 spiro atoms. The van der Waals surface area contributed by atoms with Gasteiger partial charge in [-0.15, -0.1) is 0 Å². The normalized spacial score (nSPS) is 23.9. The number of ether oxygens (including phenoxy) is 1. The van der Waals surface area contributed by atoms with Gasteiger partial charge in [0, 0.05) is 24.0 Å². The average Bonchev–Trinajstić information content (AvgIpc) is 2.86. The molecule has 1 fully saturated rings. The molecule has 3 nitrogen and oxygen atoms in total. The number of para-hydroxylation sites is 1. The predicted octanol–water partition coefficient (Wildman–Crippen LogP) is 3.43. The van der Waals surface area contributed by atoms with E-state index in [0.717, 1.165) is 37.3 Å². The van der Waals surface area contributed by atoms with Crippen LogP contribution in [-0.2, 0) is 11.2 Å². The first-order valence-corrected chi connectivity index (χ1v) is 7.20. The number of aryl methyl sites for hydroxylation is 1. The Hall–Kier alpha value is -1.32. The third-order valence-corrected chi connectivity index (χ3v) is 3.89. The molecule has 0 saturated carbocycles. The number of rotatable bonds is 3. The Morgan fingerprint density at radius 3 is 2.84 bits per heavy atom. The predicted molar refractivity (Wildman–Crippen MR) is 76.4 cm³/mol. The van der Waals surface area contributed by atoms with Crippen LogP contribution < -0.4 is 5.32 Å². The van der Waals surface area contributed by atoms with Crippen LogP contribution in [0, 0.1) is 0 Å². The molecule has 1 aromatic heterocycles. The summed E-state index contributed by atoms with van der Waals surface area (Å²) in [4.78, 5) is 0. The Bertz CT molecular complexity index is 561. The first kappa shape index (κ1) is 12.7. The number of morpholine rings is 1. The number of furan rings is 1. The van der Waals surface area contributed by atoms with Gasteiger partial charge in [0.2, 0.25) is 0 Å². The SMILES string of the molecule is CCc1c(C2CNCC(CC)O2)oc2ccccc12. The summed E-state index contributed by atoms with van der Waals surface area (Å²) in [7, 11) is 0. The van der Waals surface area contributed by atoms with E-state index in [1.165, 1.54) is 10.9 Å². The fraction of sp³-hybridized carbons (Fsp3) is 0.500. The quantitative estimate of drug-likeness (QED) is 0.917. The van der Waals surface area contributed by atoms with Crippen molar-refractivity contribution in [2.45, 2.75) is 38.9 Å². The number of fused-ring (bicyclic) bond motifs is 1. The number of hydrogen-bond acceptors (Lipinski definition) is 3. The smallest absolute Gasteiger partial charge is 0.138 e. The molecule has 102 valence electrons. The molecule has 19 heavy (non-hydrogen) atoms. The van der Waals surface area contributed by atoms with Crippen LogP contribution in [0.2, 0.25) is 0 Å². The summed E-state index contributed by atoms with van der Waals surface area (Å²) in [6.07, 6.45) is 2.34. The zero-order chi connectivity index (χ0) is 13.2. The zero-order valence-corrected chi connectivity index (χ0v) is 11.6. The highest BCUT2D eigenvalue weighted by Gasteiger charge is 2.27. The van der Waals surface area contributed by atoms with Crippen LogP contribution in [0.1, 0.15) is 37.7 Å². The molecular formula is C16H21NO2. The Morgan fingerprint density at radius 2 is 2.05 bits per heavy atom. The van der Waals surface area contributed by atoms with E-state index in [9.17, 15) is 0 Å². The summed E-state index contributed by atoms with van der Waals surface area (Å²) in [6, 6.07) is 8.25. The lowest BCUT2D eigenvalue weighted by atomic mass is 10.0. The molecule has 2 heterocycles.